The standard InChI is InChI=1S/C10H10O6.Na.H/c11-7(9(12)13)8(10(14)15)16-6-4-2-1-3-5-6;;/h1-5,7-8,11H,(H,12,13)(H,14,15);;/q;+1;-1. The first-order valence-electron chi connectivity index (χ1n) is 4.37. The molecule has 1 aromatic rings. The van der Waals surface area contributed by atoms with Crippen LogP contribution in [0.15, 0.2) is 30.3 Å². The van der Waals surface area contributed by atoms with Crippen LogP contribution in [0, 0.1) is 0 Å². The fraction of sp³-hybridized carbons (Fsp3) is 0.200. The molecule has 6 nitrogen and oxygen atoms in total. The maximum Gasteiger partial charge on any atom is 1.00 e. The molecule has 0 saturated carbocycles. The summed E-state index contributed by atoms with van der Waals surface area (Å²) in [7, 11) is 0. The summed E-state index contributed by atoms with van der Waals surface area (Å²) in [5, 5.41) is 26.3. The van der Waals surface area contributed by atoms with Crippen LogP contribution >= 0.6 is 0 Å². The monoisotopic (exact) mass is 250 g/mol. The molecule has 2 unspecified atom stereocenters. The van der Waals surface area contributed by atoms with Crippen molar-refractivity contribution in [3.05, 3.63) is 30.3 Å². The van der Waals surface area contributed by atoms with Crippen LogP contribution in [-0.2, 0) is 9.59 Å². The molecule has 0 fully saturated rings. The van der Waals surface area contributed by atoms with E-state index in [-0.39, 0.29) is 36.7 Å². The first-order chi connectivity index (χ1) is 7.52. The molecule has 0 aromatic heterocycles. The SMILES string of the molecule is O=C(O)C(O)C(Oc1ccccc1)C(=O)O.[H-].[Na+]. The molecular weight excluding hydrogens is 239 g/mol. The van der Waals surface area contributed by atoms with Gasteiger partial charge in [0.15, 0.2) is 6.10 Å². The van der Waals surface area contributed by atoms with E-state index >= 15 is 0 Å². The smallest absolute Gasteiger partial charge is 1.00 e. The van der Waals surface area contributed by atoms with Crippen LogP contribution in [0.25, 0.3) is 0 Å². The predicted molar refractivity (Wildman–Crippen MR) is 53.2 cm³/mol. The van der Waals surface area contributed by atoms with Gasteiger partial charge >= 0.3 is 41.5 Å². The van der Waals surface area contributed by atoms with Crippen LogP contribution in [0.4, 0.5) is 0 Å². The first kappa shape index (κ1) is 15.9. The maximum atomic E-state index is 10.7. The Morgan fingerprint density at radius 1 is 1.12 bits per heavy atom. The number of aliphatic hydroxyl groups is 1. The molecule has 0 aliphatic carbocycles. The number of aliphatic carboxylic acids is 2. The third-order valence-corrected chi connectivity index (χ3v) is 1.79. The Labute approximate surface area is 121 Å². The van der Waals surface area contributed by atoms with Gasteiger partial charge in [-0.15, -0.1) is 0 Å². The Hall–Kier alpha value is -1.08. The second-order valence-corrected chi connectivity index (χ2v) is 2.97. The van der Waals surface area contributed by atoms with Gasteiger partial charge in [-0.2, -0.15) is 0 Å². The normalized spacial score (nSPS) is 13.0. The molecule has 0 saturated heterocycles. The summed E-state index contributed by atoms with van der Waals surface area (Å²) < 4.78 is 4.87. The van der Waals surface area contributed by atoms with Crippen molar-refractivity contribution in [2.45, 2.75) is 12.2 Å². The van der Waals surface area contributed by atoms with Crippen LogP contribution in [-0.4, -0.2) is 39.5 Å². The molecule has 7 heteroatoms. The van der Waals surface area contributed by atoms with E-state index in [1.54, 1.807) is 18.2 Å². The first-order valence-corrected chi connectivity index (χ1v) is 4.37. The number of rotatable bonds is 5. The second kappa shape index (κ2) is 7.29. The molecule has 1 rings (SSSR count). The summed E-state index contributed by atoms with van der Waals surface area (Å²) in [5.74, 6) is -3.02. The molecule has 0 bridgehead atoms. The van der Waals surface area contributed by atoms with Crippen molar-refractivity contribution in [2.24, 2.45) is 0 Å². The van der Waals surface area contributed by atoms with Crippen molar-refractivity contribution in [1.82, 2.24) is 0 Å². The zero-order valence-electron chi connectivity index (χ0n) is 10.1. The number of carboxylic acid groups (broad SMARTS) is 2. The number of hydrogen-bond acceptors (Lipinski definition) is 4. The van der Waals surface area contributed by atoms with Crippen LogP contribution in [0.5, 0.6) is 5.75 Å². The average molecular weight is 250 g/mol. The fourth-order valence-corrected chi connectivity index (χ4v) is 1.03. The summed E-state index contributed by atoms with van der Waals surface area (Å²) in [5.41, 5.74) is 0. The van der Waals surface area contributed by atoms with Gasteiger partial charge in [-0.1, -0.05) is 18.2 Å². The fourth-order valence-electron chi connectivity index (χ4n) is 1.03. The molecule has 17 heavy (non-hydrogen) atoms. The maximum absolute atomic E-state index is 10.7. The van der Waals surface area contributed by atoms with Crippen molar-refractivity contribution < 1.29 is 60.6 Å². The molecule has 0 amide bonds. The molecular formula is C10H11NaO6. The van der Waals surface area contributed by atoms with Gasteiger partial charge in [-0.3, -0.25) is 0 Å². The van der Waals surface area contributed by atoms with Gasteiger partial charge in [0.2, 0.25) is 6.10 Å². The number of ether oxygens (including phenoxy) is 1. The Morgan fingerprint density at radius 3 is 2.06 bits per heavy atom. The predicted octanol–water partition coefficient (Wildman–Crippen LogP) is -2.92. The third-order valence-electron chi connectivity index (χ3n) is 1.79. The van der Waals surface area contributed by atoms with E-state index in [0.717, 1.165) is 0 Å². The molecule has 0 aliphatic rings. The van der Waals surface area contributed by atoms with Crippen LogP contribution in [0.1, 0.15) is 1.43 Å². The summed E-state index contributed by atoms with van der Waals surface area (Å²) in [6.45, 7) is 0. The molecule has 2 atom stereocenters. The van der Waals surface area contributed by atoms with Crippen LogP contribution in [0.2, 0.25) is 0 Å². The Bertz CT molecular complexity index is 385. The Morgan fingerprint density at radius 2 is 1.65 bits per heavy atom. The number of benzene rings is 1. The third kappa shape index (κ3) is 4.74. The van der Waals surface area contributed by atoms with Crippen molar-refractivity contribution in [2.75, 3.05) is 0 Å². The number of carbonyl (C=O) groups is 2. The number of aliphatic hydroxyl groups excluding tert-OH is 1. The van der Waals surface area contributed by atoms with Gasteiger partial charge in [-0.05, 0) is 12.1 Å². The summed E-state index contributed by atoms with van der Waals surface area (Å²) >= 11 is 0. The Kier molecular flexibility index (Phi) is 6.82. The van der Waals surface area contributed by atoms with Gasteiger partial charge < -0.3 is 21.5 Å². The number of para-hydroxylation sites is 1. The van der Waals surface area contributed by atoms with E-state index in [1.807, 2.05) is 0 Å². The molecule has 1 aromatic carbocycles. The van der Waals surface area contributed by atoms with E-state index in [2.05, 4.69) is 0 Å². The van der Waals surface area contributed by atoms with Gasteiger partial charge in [0.25, 0.3) is 0 Å². The largest absolute Gasteiger partial charge is 1.00 e. The number of carboxylic acids is 2. The Balaban J connectivity index is 0. The minimum atomic E-state index is -2.11. The van der Waals surface area contributed by atoms with Gasteiger partial charge in [-0.25, -0.2) is 9.59 Å². The van der Waals surface area contributed by atoms with E-state index in [1.165, 1.54) is 12.1 Å². The summed E-state index contributed by atoms with van der Waals surface area (Å²) in [4.78, 5) is 21.1. The molecule has 0 spiro atoms. The molecule has 0 heterocycles. The van der Waals surface area contributed by atoms with Crippen molar-refractivity contribution in [1.29, 1.82) is 0 Å². The van der Waals surface area contributed by atoms with Gasteiger partial charge in [0, 0.05) is 0 Å². The van der Waals surface area contributed by atoms with Crippen LogP contribution in [0.3, 0.4) is 0 Å². The van der Waals surface area contributed by atoms with Crippen LogP contribution < -0.4 is 34.3 Å². The van der Waals surface area contributed by atoms with Crippen molar-refractivity contribution >= 4 is 11.9 Å². The zero-order valence-corrected chi connectivity index (χ0v) is 11.1. The minimum absolute atomic E-state index is 0. The molecule has 88 valence electrons. The van der Waals surface area contributed by atoms with Gasteiger partial charge in [0.1, 0.15) is 5.75 Å². The van der Waals surface area contributed by atoms with E-state index in [9.17, 15) is 9.59 Å². The zero-order chi connectivity index (χ0) is 12.1. The van der Waals surface area contributed by atoms with Crippen molar-refractivity contribution in [3.8, 4) is 5.75 Å². The van der Waals surface area contributed by atoms with E-state index < -0.39 is 24.1 Å². The quantitative estimate of drug-likeness (QED) is 0.484. The summed E-state index contributed by atoms with van der Waals surface area (Å²) in [6, 6.07) is 7.81. The molecule has 3 N–H and O–H groups in total. The molecule has 0 radical (unpaired) electrons. The summed E-state index contributed by atoms with van der Waals surface area (Å²) in [6.07, 6.45) is -3.95. The van der Waals surface area contributed by atoms with E-state index in [4.69, 9.17) is 20.1 Å². The van der Waals surface area contributed by atoms with E-state index in [0.29, 0.717) is 0 Å². The minimum Gasteiger partial charge on any atom is -1.00 e. The number of hydrogen-bond donors (Lipinski definition) is 3. The van der Waals surface area contributed by atoms with Gasteiger partial charge in [0.05, 0.1) is 0 Å². The van der Waals surface area contributed by atoms with Crippen molar-refractivity contribution in [3.63, 3.8) is 0 Å². The average Bonchev–Trinajstić information content (AvgIpc) is 2.26. The molecule has 0 aliphatic heterocycles. The second-order valence-electron chi connectivity index (χ2n) is 2.97. The topological polar surface area (TPSA) is 104 Å².